The van der Waals surface area contributed by atoms with E-state index < -0.39 is 5.41 Å². The molecule has 1 amide bonds. The van der Waals surface area contributed by atoms with E-state index >= 15 is 0 Å². The van der Waals surface area contributed by atoms with Crippen LogP contribution in [0.1, 0.15) is 25.0 Å². The van der Waals surface area contributed by atoms with Gasteiger partial charge in [-0.05, 0) is 37.8 Å². The molecule has 0 saturated carbocycles. The Labute approximate surface area is 108 Å². The molecule has 1 aromatic rings. The van der Waals surface area contributed by atoms with Crippen molar-refractivity contribution in [3.63, 3.8) is 0 Å². The highest BCUT2D eigenvalue weighted by atomic mass is 16.1. The van der Waals surface area contributed by atoms with Crippen molar-refractivity contribution < 1.29 is 4.79 Å². The average Bonchev–Trinajstić information content (AvgIpc) is 2.80. The summed E-state index contributed by atoms with van der Waals surface area (Å²) in [6, 6.07) is 10.4. The number of amides is 1. The molecule has 1 N–H and O–H groups in total. The maximum absolute atomic E-state index is 12.1. The maximum Gasteiger partial charge on any atom is 0.223 e. The molecular weight excluding hydrogens is 224 g/mol. The molecule has 0 unspecified atom stereocenters. The van der Waals surface area contributed by atoms with Gasteiger partial charge in [-0.2, -0.15) is 5.26 Å². The zero-order valence-electron chi connectivity index (χ0n) is 10.9. The van der Waals surface area contributed by atoms with E-state index in [4.69, 9.17) is 5.26 Å². The molecule has 2 rings (SSSR count). The highest BCUT2D eigenvalue weighted by Gasteiger charge is 2.28. The topological polar surface area (TPSA) is 52.9 Å². The average molecular weight is 242 g/mol. The monoisotopic (exact) mass is 242 g/mol. The molecule has 0 spiro atoms. The smallest absolute Gasteiger partial charge is 0.223 e. The van der Waals surface area contributed by atoms with Crippen molar-refractivity contribution in [2.24, 2.45) is 11.3 Å². The lowest BCUT2D eigenvalue weighted by molar-refractivity contribution is -0.125. The number of carbonyl (C=O) groups excluding carboxylic acids is 1. The molecule has 0 radical (unpaired) electrons. The molecule has 94 valence electrons. The van der Waals surface area contributed by atoms with Gasteiger partial charge in [-0.15, -0.1) is 0 Å². The van der Waals surface area contributed by atoms with E-state index in [-0.39, 0.29) is 11.8 Å². The fraction of sp³-hybridized carbons (Fsp3) is 0.467. The van der Waals surface area contributed by atoms with Crippen LogP contribution in [0, 0.1) is 22.7 Å². The second-order valence-electron chi connectivity index (χ2n) is 5.59. The molecule has 0 fully saturated rings. The molecule has 0 heterocycles. The SMILES string of the molecule is CC(C)(C#N)CNC(=O)C1Cc2ccccc2C1. The van der Waals surface area contributed by atoms with Crippen LogP contribution in [-0.4, -0.2) is 12.5 Å². The van der Waals surface area contributed by atoms with Gasteiger partial charge in [0, 0.05) is 12.5 Å². The molecule has 0 atom stereocenters. The molecule has 0 bridgehead atoms. The van der Waals surface area contributed by atoms with E-state index in [0.29, 0.717) is 6.54 Å². The highest BCUT2D eigenvalue weighted by molar-refractivity contribution is 5.80. The number of hydrogen-bond acceptors (Lipinski definition) is 2. The van der Waals surface area contributed by atoms with E-state index in [2.05, 4.69) is 23.5 Å². The Bertz CT molecular complexity index is 474. The van der Waals surface area contributed by atoms with E-state index in [1.165, 1.54) is 11.1 Å². The van der Waals surface area contributed by atoms with Crippen LogP contribution in [-0.2, 0) is 17.6 Å². The first-order chi connectivity index (χ1) is 8.52. The van der Waals surface area contributed by atoms with Gasteiger partial charge in [-0.1, -0.05) is 24.3 Å². The number of rotatable bonds is 3. The summed E-state index contributed by atoms with van der Waals surface area (Å²) in [4.78, 5) is 12.1. The summed E-state index contributed by atoms with van der Waals surface area (Å²) in [6.45, 7) is 4.07. The first-order valence-corrected chi connectivity index (χ1v) is 6.27. The van der Waals surface area contributed by atoms with Crippen molar-refractivity contribution in [3.05, 3.63) is 35.4 Å². The minimum absolute atomic E-state index is 0.0249. The predicted molar refractivity (Wildman–Crippen MR) is 69.7 cm³/mol. The summed E-state index contributed by atoms with van der Waals surface area (Å²) in [5.41, 5.74) is 2.05. The minimum atomic E-state index is -0.499. The van der Waals surface area contributed by atoms with E-state index in [9.17, 15) is 4.79 Å². The maximum atomic E-state index is 12.1. The second-order valence-corrected chi connectivity index (χ2v) is 5.59. The van der Waals surface area contributed by atoms with Crippen molar-refractivity contribution in [3.8, 4) is 6.07 Å². The summed E-state index contributed by atoms with van der Waals surface area (Å²) >= 11 is 0. The van der Waals surface area contributed by atoms with Crippen molar-refractivity contribution in [2.75, 3.05) is 6.54 Å². The number of hydrogen-bond donors (Lipinski definition) is 1. The lowest BCUT2D eigenvalue weighted by Gasteiger charge is -2.17. The van der Waals surface area contributed by atoms with Gasteiger partial charge in [0.1, 0.15) is 0 Å². The molecular formula is C15H18N2O. The van der Waals surface area contributed by atoms with Crippen LogP contribution in [0.2, 0.25) is 0 Å². The first kappa shape index (κ1) is 12.6. The van der Waals surface area contributed by atoms with Gasteiger partial charge in [0.25, 0.3) is 0 Å². The van der Waals surface area contributed by atoms with Crippen molar-refractivity contribution >= 4 is 5.91 Å². The Morgan fingerprint density at radius 2 is 1.94 bits per heavy atom. The summed E-state index contributed by atoms with van der Waals surface area (Å²) in [6.07, 6.45) is 1.63. The number of benzene rings is 1. The number of nitrogens with one attached hydrogen (secondary N) is 1. The molecule has 0 aliphatic heterocycles. The molecule has 3 heteroatoms. The van der Waals surface area contributed by atoms with Crippen molar-refractivity contribution in [1.82, 2.24) is 5.32 Å². The summed E-state index contributed by atoms with van der Waals surface area (Å²) in [5, 5.41) is 11.8. The fourth-order valence-corrected chi connectivity index (χ4v) is 2.24. The van der Waals surface area contributed by atoms with Crippen LogP contribution in [0.15, 0.2) is 24.3 Å². The van der Waals surface area contributed by atoms with E-state index in [1.807, 2.05) is 26.0 Å². The Kier molecular flexibility index (Phi) is 3.38. The van der Waals surface area contributed by atoms with Gasteiger partial charge in [0.05, 0.1) is 11.5 Å². The molecule has 18 heavy (non-hydrogen) atoms. The van der Waals surface area contributed by atoms with Crippen molar-refractivity contribution in [1.29, 1.82) is 5.26 Å². The molecule has 0 saturated heterocycles. The molecule has 1 aromatic carbocycles. The van der Waals surface area contributed by atoms with Gasteiger partial charge in [0.2, 0.25) is 5.91 Å². The van der Waals surface area contributed by atoms with Crippen LogP contribution in [0.25, 0.3) is 0 Å². The molecule has 1 aliphatic rings. The van der Waals surface area contributed by atoms with Gasteiger partial charge in [-0.3, -0.25) is 4.79 Å². The van der Waals surface area contributed by atoms with Crippen LogP contribution in [0.3, 0.4) is 0 Å². The summed E-state index contributed by atoms with van der Waals surface area (Å²) < 4.78 is 0. The van der Waals surface area contributed by atoms with Gasteiger partial charge in [-0.25, -0.2) is 0 Å². The number of nitrogens with zero attached hydrogens (tertiary/aromatic N) is 1. The lowest BCUT2D eigenvalue weighted by atomic mass is 9.95. The van der Waals surface area contributed by atoms with Crippen molar-refractivity contribution in [2.45, 2.75) is 26.7 Å². The molecule has 0 aromatic heterocycles. The first-order valence-electron chi connectivity index (χ1n) is 6.27. The van der Waals surface area contributed by atoms with Crippen LogP contribution >= 0.6 is 0 Å². The van der Waals surface area contributed by atoms with Gasteiger partial charge in [0.15, 0.2) is 0 Å². The van der Waals surface area contributed by atoms with E-state index in [1.54, 1.807) is 0 Å². The standard InChI is InChI=1S/C15H18N2O/c1-15(2,9-16)10-17-14(18)13-7-11-5-3-4-6-12(11)8-13/h3-6,13H,7-8,10H2,1-2H3,(H,17,18). The minimum Gasteiger partial charge on any atom is -0.354 e. The van der Waals surface area contributed by atoms with Crippen LogP contribution in [0.5, 0.6) is 0 Å². The van der Waals surface area contributed by atoms with Gasteiger partial charge >= 0.3 is 0 Å². The third-order valence-corrected chi connectivity index (χ3v) is 3.43. The van der Waals surface area contributed by atoms with Crippen LogP contribution < -0.4 is 5.32 Å². The largest absolute Gasteiger partial charge is 0.354 e. The lowest BCUT2D eigenvalue weighted by Crippen LogP contribution is -2.37. The Hall–Kier alpha value is -1.82. The Morgan fingerprint density at radius 3 is 2.44 bits per heavy atom. The van der Waals surface area contributed by atoms with Crippen LogP contribution in [0.4, 0.5) is 0 Å². The number of fused-ring (bicyclic) bond motifs is 1. The quantitative estimate of drug-likeness (QED) is 0.882. The highest BCUT2D eigenvalue weighted by Crippen LogP contribution is 2.26. The second kappa shape index (κ2) is 4.81. The predicted octanol–water partition coefficient (Wildman–Crippen LogP) is 2.07. The summed E-state index contributed by atoms with van der Waals surface area (Å²) in [5.74, 6) is 0.0893. The molecule has 3 nitrogen and oxygen atoms in total. The Balaban J connectivity index is 1.92. The third-order valence-electron chi connectivity index (χ3n) is 3.43. The zero-order valence-corrected chi connectivity index (χ0v) is 10.9. The molecule has 1 aliphatic carbocycles. The van der Waals surface area contributed by atoms with E-state index in [0.717, 1.165) is 12.8 Å². The summed E-state index contributed by atoms with van der Waals surface area (Å²) in [7, 11) is 0. The number of nitriles is 1. The fourth-order valence-electron chi connectivity index (χ4n) is 2.24. The normalized spacial score (nSPS) is 14.9. The third kappa shape index (κ3) is 2.70. The number of carbonyl (C=O) groups is 1. The zero-order chi connectivity index (χ0) is 13.2. The Morgan fingerprint density at radius 1 is 1.39 bits per heavy atom. The van der Waals surface area contributed by atoms with Gasteiger partial charge < -0.3 is 5.32 Å².